The topological polar surface area (TPSA) is 58.4 Å². The van der Waals surface area contributed by atoms with E-state index in [2.05, 4.69) is 10.2 Å². The summed E-state index contributed by atoms with van der Waals surface area (Å²) in [6, 6.07) is 0.735. The molecule has 0 aromatic carbocycles. The molecule has 1 saturated heterocycles. The molecule has 1 aliphatic heterocycles. The molecule has 2 fully saturated rings. The molecule has 0 aromatic rings. The number of piperidine rings is 1. The largest absolute Gasteiger partial charge is 0.352 e. The number of nitrogens with zero attached hydrogens (tertiary/aromatic N) is 1. The van der Waals surface area contributed by atoms with E-state index >= 15 is 0 Å². The number of nitrogens with two attached hydrogens (primary N) is 1. The molecule has 4 nitrogen and oxygen atoms in total. The second kappa shape index (κ2) is 4.28. The van der Waals surface area contributed by atoms with Gasteiger partial charge in [-0.3, -0.25) is 9.69 Å². The van der Waals surface area contributed by atoms with Crippen molar-refractivity contribution < 1.29 is 4.79 Å². The molecule has 1 heterocycles. The summed E-state index contributed by atoms with van der Waals surface area (Å²) in [4.78, 5) is 13.6. The van der Waals surface area contributed by atoms with Crippen LogP contribution in [0.3, 0.4) is 0 Å². The number of amides is 1. The van der Waals surface area contributed by atoms with Crippen molar-refractivity contribution in [2.75, 3.05) is 19.6 Å². The zero-order valence-corrected chi connectivity index (χ0v) is 8.54. The normalized spacial score (nSPS) is 28.8. The quantitative estimate of drug-likeness (QED) is 0.652. The van der Waals surface area contributed by atoms with E-state index < -0.39 is 0 Å². The van der Waals surface area contributed by atoms with Crippen molar-refractivity contribution in [2.45, 2.75) is 37.8 Å². The number of carbonyl (C=O) groups excluding carboxylic acids is 1. The van der Waals surface area contributed by atoms with Gasteiger partial charge in [-0.25, -0.2) is 0 Å². The lowest BCUT2D eigenvalue weighted by Crippen LogP contribution is -2.47. The third-order valence-corrected chi connectivity index (χ3v) is 2.85. The minimum absolute atomic E-state index is 0.168. The van der Waals surface area contributed by atoms with E-state index in [1.807, 2.05) is 0 Å². The molecule has 3 N–H and O–H groups in total. The maximum absolute atomic E-state index is 11.5. The standard InChI is InChI=1S/C10H19N3O/c11-8-2-1-5-13(6-8)7-10(14)12-9-3-4-9/h8-9H,1-7,11H2,(H,12,14)/t8-/m1/s1. The van der Waals surface area contributed by atoms with Crippen LogP contribution >= 0.6 is 0 Å². The highest BCUT2D eigenvalue weighted by molar-refractivity contribution is 5.78. The Kier molecular flexibility index (Phi) is 3.03. The molecule has 2 rings (SSSR count). The molecule has 0 bridgehead atoms. The number of hydrogen-bond acceptors (Lipinski definition) is 3. The SMILES string of the molecule is N[C@@H]1CCCN(CC(=O)NC2CC2)C1. The average Bonchev–Trinajstić information content (AvgIpc) is 2.87. The van der Waals surface area contributed by atoms with Gasteiger partial charge in [0, 0.05) is 18.6 Å². The zero-order chi connectivity index (χ0) is 9.97. The molecule has 1 aliphatic carbocycles. The summed E-state index contributed by atoms with van der Waals surface area (Å²) < 4.78 is 0. The predicted molar refractivity (Wildman–Crippen MR) is 54.8 cm³/mol. The Balaban J connectivity index is 1.69. The first-order valence-electron chi connectivity index (χ1n) is 5.51. The fourth-order valence-electron chi connectivity index (χ4n) is 1.94. The van der Waals surface area contributed by atoms with E-state index in [-0.39, 0.29) is 11.9 Å². The van der Waals surface area contributed by atoms with Gasteiger partial charge in [0.1, 0.15) is 0 Å². The molecule has 0 spiro atoms. The van der Waals surface area contributed by atoms with Gasteiger partial charge in [-0.1, -0.05) is 0 Å². The highest BCUT2D eigenvalue weighted by atomic mass is 16.2. The molecule has 0 unspecified atom stereocenters. The van der Waals surface area contributed by atoms with Gasteiger partial charge in [-0.05, 0) is 32.2 Å². The second-order valence-electron chi connectivity index (χ2n) is 4.48. The molecule has 0 aromatic heterocycles. The molecule has 1 amide bonds. The Labute approximate surface area is 84.8 Å². The summed E-state index contributed by atoms with van der Waals surface area (Å²) in [6.07, 6.45) is 4.54. The first-order chi connectivity index (χ1) is 6.74. The predicted octanol–water partition coefficient (Wildman–Crippen LogP) is -0.312. The summed E-state index contributed by atoms with van der Waals surface area (Å²) >= 11 is 0. The van der Waals surface area contributed by atoms with Crippen LogP contribution in [0, 0.1) is 0 Å². The maximum atomic E-state index is 11.5. The van der Waals surface area contributed by atoms with Crippen LogP contribution in [0.2, 0.25) is 0 Å². The van der Waals surface area contributed by atoms with Crippen molar-refractivity contribution in [3.05, 3.63) is 0 Å². The molecular formula is C10H19N3O. The van der Waals surface area contributed by atoms with Crippen molar-refractivity contribution in [3.63, 3.8) is 0 Å². The van der Waals surface area contributed by atoms with Gasteiger partial charge in [-0.15, -0.1) is 0 Å². The molecule has 2 aliphatic rings. The Morgan fingerprint density at radius 2 is 2.21 bits per heavy atom. The van der Waals surface area contributed by atoms with Crippen LogP contribution in [0.1, 0.15) is 25.7 Å². The van der Waals surface area contributed by atoms with Gasteiger partial charge in [0.25, 0.3) is 0 Å². The van der Waals surface area contributed by atoms with Crippen LogP contribution in [0.15, 0.2) is 0 Å². The lowest BCUT2D eigenvalue weighted by molar-refractivity contribution is -0.122. The van der Waals surface area contributed by atoms with Crippen molar-refractivity contribution in [2.24, 2.45) is 5.73 Å². The van der Waals surface area contributed by atoms with Gasteiger partial charge in [0.15, 0.2) is 0 Å². The van der Waals surface area contributed by atoms with Gasteiger partial charge in [-0.2, -0.15) is 0 Å². The smallest absolute Gasteiger partial charge is 0.234 e. The Morgan fingerprint density at radius 1 is 1.43 bits per heavy atom. The van der Waals surface area contributed by atoms with Crippen LogP contribution < -0.4 is 11.1 Å². The van der Waals surface area contributed by atoms with Crippen molar-refractivity contribution in [1.29, 1.82) is 0 Å². The van der Waals surface area contributed by atoms with Gasteiger partial charge in [0.05, 0.1) is 6.54 Å². The van der Waals surface area contributed by atoms with Crippen LogP contribution in [0.25, 0.3) is 0 Å². The Morgan fingerprint density at radius 3 is 2.86 bits per heavy atom. The van der Waals surface area contributed by atoms with E-state index in [0.717, 1.165) is 38.8 Å². The molecule has 80 valence electrons. The Hall–Kier alpha value is -0.610. The van der Waals surface area contributed by atoms with Crippen LogP contribution in [-0.2, 0) is 4.79 Å². The van der Waals surface area contributed by atoms with E-state index in [1.54, 1.807) is 0 Å². The molecule has 0 radical (unpaired) electrons. The molecule has 4 heteroatoms. The third kappa shape index (κ3) is 2.96. The number of nitrogens with one attached hydrogen (secondary N) is 1. The van der Waals surface area contributed by atoms with E-state index in [1.165, 1.54) is 0 Å². The van der Waals surface area contributed by atoms with Crippen LogP contribution in [-0.4, -0.2) is 42.5 Å². The molecule has 1 atom stereocenters. The molecular weight excluding hydrogens is 178 g/mol. The summed E-state index contributed by atoms with van der Waals surface area (Å²) in [5.41, 5.74) is 5.84. The van der Waals surface area contributed by atoms with Crippen molar-refractivity contribution in [3.8, 4) is 0 Å². The Bertz CT molecular complexity index is 215. The van der Waals surface area contributed by atoms with Crippen molar-refractivity contribution >= 4 is 5.91 Å². The minimum atomic E-state index is 0.168. The first-order valence-corrected chi connectivity index (χ1v) is 5.51. The van der Waals surface area contributed by atoms with Gasteiger partial charge >= 0.3 is 0 Å². The molecule has 1 saturated carbocycles. The summed E-state index contributed by atoms with van der Waals surface area (Å²) in [5.74, 6) is 0.168. The number of carbonyl (C=O) groups is 1. The van der Waals surface area contributed by atoms with Gasteiger partial charge in [0.2, 0.25) is 5.91 Å². The van der Waals surface area contributed by atoms with Crippen molar-refractivity contribution in [1.82, 2.24) is 10.2 Å². The summed E-state index contributed by atoms with van der Waals surface area (Å²) in [6.45, 7) is 2.42. The number of hydrogen-bond donors (Lipinski definition) is 2. The lowest BCUT2D eigenvalue weighted by atomic mass is 10.1. The van der Waals surface area contributed by atoms with E-state index in [9.17, 15) is 4.79 Å². The number of rotatable bonds is 3. The fourth-order valence-corrected chi connectivity index (χ4v) is 1.94. The fraction of sp³-hybridized carbons (Fsp3) is 0.900. The average molecular weight is 197 g/mol. The second-order valence-corrected chi connectivity index (χ2v) is 4.48. The highest BCUT2D eigenvalue weighted by Gasteiger charge is 2.25. The third-order valence-electron chi connectivity index (χ3n) is 2.85. The monoisotopic (exact) mass is 197 g/mol. The first kappa shape index (κ1) is 9.93. The lowest BCUT2D eigenvalue weighted by Gasteiger charge is -2.29. The molecule has 14 heavy (non-hydrogen) atoms. The van der Waals surface area contributed by atoms with Crippen LogP contribution in [0.4, 0.5) is 0 Å². The van der Waals surface area contributed by atoms with Gasteiger partial charge < -0.3 is 11.1 Å². The number of likely N-dealkylation sites (tertiary alicyclic amines) is 1. The zero-order valence-electron chi connectivity index (χ0n) is 8.54. The van der Waals surface area contributed by atoms with E-state index in [4.69, 9.17) is 5.73 Å². The summed E-state index contributed by atoms with van der Waals surface area (Å²) in [7, 11) is 0. The van der Waals surface area contributed by atoms with Crippen LogP contribution in [0.5, 0.6) is 0 Å². The highest BCUT2D eigenvalue weighted by Crippen LogP contribution is 2.18. The van der Waals surface area contributed by atoms with E-state index in [0.29, 0.717) is 12.6 Å². The summed E-state index contributed by atoms with van der Waals surface area (Å²) in [5, 5.41) is 2.99. The maximum Gasteiger partial charge on any atom is 0.234 e. The minimum Gasteiger partial charge on any atom is -0.352 e.